The molecular weight excluding hydrogens is 255 g/mol. The molecular formula is C17H13FO2. The van der Waals surface area contributed by atoms with Crippen molar-refractivity contribution in [3.8, 4) is 23.5 Å². The smallest absolute Gasteiger partial charge is 0.294 e. The second kappa shape index (κ2) is 5.58. The molecule has 0 saturated carbocycles. The van der Waals surface area contributed by atoms with Crippen molar-refractivity contribution in [3.05, 3.63) is 59.9 Å². The van der Waals surface area contributed by atoms with Crippen LogP contribution in [0.3, 0.4) is 0 Å². The van der Waals surface area contributed by atoms with Gasteiger partial charge in [-0.1, -0.05) is 42.3 Å². The standard InChI is InChI=1S/C17H13FO2/c1-3-17(2,20-12-19)15-8-4-13(5-9-15)14-6-10-16(18)11-7-14/h1,4-12H,2H3. The van der Waals surface area contributed by atoms with E-state index in [1.165, 1.54) is 12.1 Å². The fourth-order valence-electron chi connectivity index (χ4n) is 1.90. The molecule has 0 saturated heterocycles. The lowest BCUT2D eigenvalue weighted by Crippen LogP contribution is -2.23. The van der Waals surface area contributed by atoms with Crippen LogP contribution in [0.1, 0.15) is 12.5 Å². The van der Waals surface area contributed by atoms with Gasteiger partial charge in [0.05, 0.1) is 0 Å². The molecule has 2 aromatic rings. The van der Waals surface area contributed by atoms with Gasteiger partial charge in [-0.3, -0.25) is 4.79 Å². The summed E-state index contributed by atoms with van der Waals surface area (Å²) in [6.45, 7) is 1.99. The van der Waals surface area contributed by atoms with Crippen molar-refractivity contribution in [1.29, 1.82) is 0 Å². The van der Waals surface area contributed by atoms with Crippen LogP contribution in [-0.2, 0) is 15.1 Å². The van der Waals surface area contributed by atoms with Gasteiger partial charge in [-0.2, -0.15) is 0 Å². The summed E-state index contributed by atoms with van der Waals surface area (Å²) < 4.78 is 17.8. The van der Waals surface area contributed by atoms with E-state index in [9.17, 15) is 9.18 Å². The summed E-state index contributed by atoms with van der Waals surface area (Å²) >= 11 is 0. The van der Waals surface area contributed by atoms with E-state index < -0.39 is 5.60 Å². The number of ether oxygens (including phenoxy) is 1. The molecule has 3 heteroatoms. The molecule has 0 N–H and O–H groups in total. The Kier molecular flexibility index (Phi) is 3.86. The van der Waals surface area contributed by atoms with Crippen molar-refractivity contribution in [2.45, 2.75) is 12.5 Å². The lowest BCUT2D eigenvalue weighted by molar-refractivity contribution is -0.137. The predicted octanol–water partition coefficient (Wildman–Crippen LogP) is 3.51. The summed E-state index contributed by atoms with van der Waals surface area (Å²) in [5, 5.41) is 0. The van der Waals surface area contributed by atoms with E-state index >= 15 is 0 Å². The largest absolute Gasteiger partial charge is 0.444 e. The maximum absolute atomic E-state index is 12.9. The first kappa shape index (κ1) is 13.8. The van der Waals surface area contributed by atoms with Crippen LogP contribution in [0, 0.1) is 18.2 Å². The molecule has 0 aliphatic heterocycles. The van der Waals surface area contributed by atoms with Gasteiger partial charge < -0.3 is 4.74 Å². The van der Waals surface area contributed by atoms with Gasteiger partial charge in [0.1, 0.15) is 5.82 Å². The van der Waals surface area contributed by atoms with Crippen LogP contribution in [0.5, 0.6) is 0 Å². The fourth-order valence-corrected chi connectivity index (χ4v) is 1.90. The van der Waals surface area contributed by atoms with Crippen molar-refractivity contribution < 1.29 is 13.9 Å². The van der Waals surface area contributed by atoms with E-state index in [0.717, 1.165) is 11.1 Å². The van der Waals surface area contributed by atoms with Crippen molar-refractivity contribution >= 4 is 6.47 Å². The highest BCUT2D eigenvalue weighted by atomic mass is 19.1. The third-order valence-corrected chi connectivity index (χ3v) is 3.17. The molecule has 0 aliphatic carbocycles. The zero-order valence-corrected chi connectivity index (χ0v) is 11.0. The van der Waals surface area contributed by atoms with Crippen LogP contribution in [0.15, 0.2) is 48.5 Å². The Morgan fingerprint density at radius 2 is 1.60 bits per heavy atom. The minimum absolute atomic E-state index is 0.273. The van der Waals surface area contributed by atoms with E-state index in [0.29, 0.717) is 12.0 Å². The molecule has 0 heterocycles. The van der Waals surface area contributed by atoms with Crippen molar-refractivity contribution in [3.63, 3.8) is 0 Å². The van der Waals surface area contributed by atoms with Gasteiger partial charge in [-0.05, 0) is 30.2 Å². The third-order valence-electron chi connectivity index (χ3n) is 3.17. The first-order chi connectivity index (χ1) is 9.59. The number of benzene rings is 2. The molecule has 0 bridgehead atoms. The minimum atomic E-state index is -1.08. The van der Waals surface area contributed by atoms with Gasteiger partial charge in [-0.25, -0.2) is 4.39 Å². The molecule has 0 fully saturated rings. The molecule has 1 unspecified atom stereocenters. The molecule has 2 nitrogen and oxygen atoms in total. The van der Waals surface area contributed by atoms with Crippen LogP contribution in [0.2, 0.25) is 0 Å². The molecule has 20 heavy (non-hydrogen) atoms. The van der Waals surface area contributed by atoms with Gasteiger partial charge in [0.15, 0.2) is 5.60 Å². The number of carbonyl (C=O) groups is 1. The van der Waals surface area contributed by atoms with Crippen molar-refractivity contribution in [1.82, 2.24) is 0 Å². The molecule has 0 aliphatic rings. The Labute approximate surface area is 117 Å². The van der Waals surface area contributed by atoms with Crippen LogP contribution in [-0.4, -0.2) is 6.47 Å². The van der Waals surface area contributed by atoms with Gasteiger partial charge >= 0.3 is 0 Å². The van der Waals surface area contributed by atoms with E-state index in [4.69, 9.17) is 11.2 Å². The Hall–Kier alpha value is -2.60. The van der Waals surface area contributed by atoms with Crippen LogP contribution in [0.4, 0.5) is 4.39 Å². The molecule has 1 atom stereocenters. The second-order valence-electron chi connectivity index (χ2n) is 4.48. The number of hydrogen-bond donors (Lipinski definition) is 0. The molecule has 2 rings (SSSR count). The fraction of sp³-hybridized carbons (Fsp3) is 0.118. The average Bonchev–Trinajstić information content (AvgIpc) is 2.48. The summed E-state index contributed by atoms with van der Waals surface area (Å²) in [4.78, 5) is 10.5. The minimum Gasteiger partial charge on any atom is -0.444 e. The summed E-state index contributed by atoms with van der Waals surface area (Å²) in [7, 11) is 0. The molecule has 0 amide bonds. The highest BCUT2D eigenvalue weighted by Gasteiger charge is 2.25. The van der Waals surface area contributed by atoms with E-state index in [1.54, 1.807) is 31.2 Å². The van der Waals surface area contributed by atoms with Gasteiger partial charge in [-0.15, -0.1) is 6.42 Å². The van der Waals surface area contributed by atoms with Gasteiger partial charge in [0.2, 0.25) is 0 Å². The molecule has 0 aromatic heterocycles. The summed E-state index contributed by atoms with van der Waals surface area (Å²) in [5.41, 5.74) is 1.46. The summed E-state index contributed by atoms with van der Waals surface area (Å²) in [6.07, 6.45) is 5.42. The predicted molar refractivity (Wildman–Crippen MR) is 75.2 cm³/mol. The quantitative estimate of drug-likeness (QED) is 0.626. The molecule has 0 radical (unpaired) electrons. The summed E-state index contributed by atoms with van der Waals surface area (Å²) in [6, 6.07) is 13.5. The number of halogens is 1. The van der Waals surface area contributed by atoms with Crippen LogP contribution < -0.4 is 0 Å². The Balaban J connectivity index is 2.33. The zero-order chi connectivity index (χ0) is 14.6. The Morgan fingerprint density at radius 3 is 2.05 bits per heavy atom. The maximum Gasteiger partial charge on any atom is 0.294 e. The first-order valence-electron chi connectivity index (χ1n) is 6.05. The molecule has 2 aromatic carbocycles. The van der Waals surface area contributed by atoms with Crippen molar-refractivity contribution in [2.75, 3.05) is 0 Å². The number of hydrogen-bond acceptors (Lipinski definition) is 2. The number of carbonyl (C=O) groups excluding carboxylic acids is 1. The third kappa shape index (κ3) is 2.70. The Morgan fingerprint density at radius 1 is 1.10 bits per heavy atom. The SMILES string of the molecule is C#CC(C)(OC=O)c1ccc(-c2ccc(F)cc2)cc1. The second-order valence-corrected chi connectivity index (χ2v) is 4.48. The van der Waals surface area contributed by atoms with Gasteiger partial charge in [0.25, 0.3) is 6.47 Å². The first-order valence-corrected chi connectivity index (χ1v) is 6.05. The molecule has 100 valence electrons. The average molecular weight is 268 g/mol. The highest BCUT2D eigenvalue weighted by Crippen LogP contribution is 2.27. The topological polar surface area (TPSA) is 26.3 Å². The summed E-state index contributed by atoms with van der Waals surface area (Å²) in [5.74, 6) is 2.19. The van der Waals surface area contributed by atoms with E-state index in [1.807, 2.05) is 12.1 Å². The van der Waals surface area contributed by atoms with E-state index in [2.05, 4.69) is 5.92 Å². The van der Waals surface area contributed by atoms with Crippen molar-refractivity contribution in [2.24, 2.45) is 0 Å². The molecule has 0 spiro atoms. The highest BCUT2D eigenvalue weighted by molar-refractivity contribution is 5.64. The monoisotopic (exact) mass is 268 g/mol. The van der Waals surface area contributed by atoms with Crippen LogP contribution in [0.25, 0.3) is 11.1 Å². The lowest BCUT2D eigenvalue weighted by atomic mass is 9.94. The van der Waals surface area contributed by atoms with Crippen LogP contribution >= 0.6 is 0 Å². The lowest BCUT2D eigenvalue weighted by Gasteiger charge is -2.22. The normalized spacial score (nSPS) is 13.1. The zero-order valence-electron chi connectivity index (χ0n) is 11.0. The maximum atomic E-state index is 12.9. The number of terminal acetylenes is 1. The Bertz CT molecular complexity index is 638. The number of rotatable bonds is 4. The van der Waals surface area contributed by atoms with Gasteiger partial charge in [0, 0.05) is 5.56 Å². The van der Waals surface area contributed by atoms with E-state index in [-0.39, 0.29) is 5.82 Å².